The molecule has 0 fully saturated rings. The van der Waals surface area contributed by atoms with Crippen molar-refractivity contribution in [1.82, 2.24) is 9.78 Å². The van der Waals surface area contributed by atoms with Crippen molar-refractivity contribution in [3.63, 3.8) is 0 Å². The number of aryl methyl sites for hydroxylation is 2. The van der Waals surface area contributed by atoms with E-state index < -0.39 is 10.8 Å². The topological polar surface area (TPSA) is 99.3 Å². The number of ether oxygens (including phenoxy) is 1. The Balaban J connectivity index is 2.24. The van der Waals surface area contributed by atoms with Gasteiger partial charge in [0.2, 0.25) is 5.69 Å². The van der Waals surface area contributed by atoms with E-state index in [1.807, 2.05) is 6.92 Å². The average molecular weight is 304 g/mol. The van der Waals surface area contributed by atoms with E-state index in [-0.39, 0.29) is 17.1 Å². The second-order valence-electron chi connectivity index (χ2n) is 4.57. The highest BCUT2D eigenvalue weighted by Crippen LogP contribution is 2.24. The summed E-state index contributed by atoms with van der Waals surface area (Å²) < 4.78 is 6.51. The van der Waals surface area contributed by atoms with E-state index in [0.717, 1.165) is 0 Å². The SMILES string of the molecule is CCOc1ccc(NC(=O)c2c([N+](=O)[O-])c(C)nn2C)cc1. The summed E-state index contributed by atoms with van der Waals surface area (Å²) in [6.45, 7) is 3.91. The van der Waals surface area contributed by atoms with Crippen LogP contribution in [0, 0.1) is 17.0 Å². The van der Waals surface area contributed by atoms with Crippen molar-refractivity contribution in [2.24, 2.45) is 7.05 Å². The van der Waals surface area contributed by atoms with Crippen LogP contribution in [-0.2, 0) is 7.05 Å². The number of hydrogen-bond acceptors (Lipinski definition) is 5. The summed E-state index contributed by atoms with van der Waals surface area (Å²) in [5.41, 5.74) is 0.341. The van der Waals surface area contributed by atoms with Gasteiger partial charge < -0.3 is 10.1 Å². The molecule has 1 aromatic carbocycles. The molecular formula is C14H16N4O4. The van der Waals surface area contributed by atoms with Gasteiger partial charge in [-0.05, 0) is 38.1 Å². The van der Waals surface area contributed by atoms with E-state index in [2.05, 4.69) is 10.4 Å². The van der Waals surface area contributed by atoms with E-state index >= 15 is 0 Å². The van der Waals surface area contributed by atoms with Gasteiger partial charge in [-0.15, -0.1) is 0 Å². The van der Waals surface area contributed by atoms with Gasteiger partial charge in [-0.2, -0.15) is 5.10 Å². The molecule has 8 nitrogen and oxygen atoms in total. The maximum absolute atomic E-state index is 12.3. The highest BCUT2D eigenvalue weighted by molar-refractivity contribution is 6.06. The van der Waals surface area contributed by atoms with Gasteiger partial charge in [-0.25, -0.2) is 0 Å². The lowest BCUT2D eigenvalue weighted by Crippen LogP contribution is -2.17. The molecule has 22 heavy (non-hydrogen) atoms. The Hall–Kier alpha value is -2.90. The molecule has 0 aliphatic rings. The minimum absolute atomic E-state index is 0.0867. The second kappa shape index (κ2) is 6.25. The number of benzene rings is 1. The fourth-order valence-corrected chi connectivity index (χ4v) is 2.11. The molecule has 0 unspecified atom stereocenters. The predicted molar refractivity (Wildman–Crippen MR) is 80.2 cm³/mol. The third-order valence-electron chi connectivity index (χ3n) is 3.01. The van der Waals surface area contributed by atoms with E-state index in [4.69, 9.17) is 4.74 Å². The van der Waals surface area contributed by atoms with Crippen LogP contribution in [-0.4, -0.2) is 27.2 Å². The number of carbonyl (C=O) groups is 1. The van der Waals surface area contributed by atoms with Crippen molar-refractivity contribution in [3.05, 3.63) is 45.8 Å². The van der Waals surface area contributed by atoms with Crippen LogP contribution in [0.15, 0.2) is 24.3 Å². The number of carbonyl (C=O) groups excluding carboxylic acids is 1. The minimum Gasteiger partial charge on any atom is -0.494 e. The zero-order valence-electron chi connectivity index (χ0n) is 12.5. The average Bonchev–Trinajstić information content (AvgIpc) is 2.76. The highest BCUT2D eigenvalue weighted by Gasteiger charge is 2.29. The molecule has 1 N–H and O–H groups in total. The van der Waals surface area contributed by atoms with Gasteiger partial charge in [0.1, 0.15) is 11.4 Å². The summed E-state index contributed by atoms with van der Waals surface area (Å²) in [5.74, 6) is 0.0989. The van der Waals surface area contributed by atoms with Crippen molar-refractivity contribution in [3.8, 4) is 5.75 Å². The zero-order chi connectivity index (χ0) is 16.3. The number of nitrogens with zero attached hydrogens (tertiary/aromatic N) is 3. The first-order valence-corrected chi connectivity index (χ1v) is 6.66. The molecule has 2 aromatic rings. The Labute approximate surface area is 126 Å². The standard InChI is InChI=1S/C14H16N4O4/c1-4-22-11-7-5-10(6-8-11)15-14(19)13-12(18(20)21)9(2)16-17(13)3/h5-8H,4H2,1-3H3,(H,15,19). The molecule has 0 atom stereocenters. The Morgan fingerprint density at radius 2 is 2.05 bits per heavy atom. The van der Waals surface area contributed by atoms with Gasteiger partial charge >= 0.3 is 5.69 Å². The Bertz CT molecular complexity index is 706. The van der Waals surface area contributed by atoms with E-state index in [9.17, 15) is 14.9 Å². The van der Waals surface area contributed by atoms with E-state index in [1.165, 1.54) is 18.7 Å². The summed E-state index contributed by atoms with van der Waals surface area (Å²) in [4.78, 5) is 22.8. The summed E-state index contributed by atoms with van der Waals surface area (Å²) in [6, 6.07) is 6.75. The number of rotatable bonds is 5. The summed E-state index contributed by atoms with van der Waals surface area (Å²) >= 11 is 0. The number of hydrogen-bond donors (Lipinski definition) is 1. The van der Waals surface area contributed by atoms with Crippen molar-refractivity contribution in [1.29, 1.82) is 0 Å². The first-order valence-electron chi connectivity index (χ1n) is 6.66. The molecule has 0 saturated heterocycles. The molecule has 0 bridgehead atoms. The van der Waals surface area contributed by atoms with Crippen LogP contribution < -0.4 is 10.1 Å². The van der Waals surface area contributed by atoms with Crippen LogP contribution in [0.4, 0.5) is 11.4 Å². The first kappa shape index (κ1) is 15.5. The molecule has 0 spiro atoms. The van der Waals surface area contributed by atoms with Crippen molar-refractivity contribution >= 4 is 17.3 Å². The fourth-order valence-electron chi connectivity index (χ4n) is 2.11. The Morgan fingerprint density at radius 1 is 1.41 bits per heavy atom. The zero-order valence-corrected chi connectivity index (χ0v) is 12.5. The molecule has 2 rings (SSSR count). The van der Waals surface area contributed by atoms with Crippen LogP contribution in [0.5, 0.6) is 5.75 Å². The lowest BCUT2D eigenvalue weighted by Gasteiger charge is -2.07. The largest absolute Gasteiger partial charge is 0.494 e. The molecule has 8 heteroatoms. The smallest absolute Gasteiger partial charge is 0.322 e. The molecule has 1 aromatic heterocycles. The van der Waals surface area contributed by atoms with Crippen molar-refractivity contribution in [2.45, 2.75) is 13.8 Å². The molecular weight excluding hydrogens is 288 g/mol. The number of nitro groups is 1. The Morgan fingerprint density at radius 3 is 2.59 bits per heavy atom. The summed E-state index contributed by atoms with van der Waals surface area (Å²) in [6.07, 6.45) is 0. The van der Waals surface area contributed by atoms with Crippen LogP contribution in [0.2, 0.25) is 0 Å². The molecule has 0 aliphatic carbocycles. The van der Waals surface area contributed by atoms with Gasteiger partial charge in [0.25, 0.3) is 5.91 Å². The molecule has 1 heterocycles. The molecule has 1 amide bonds. The number of nitrogens with one attached hydrogen (secondary N) is 1. The predicted octanol–water partition coefficient (Wildman–Crippen LogP) is 2.29. The molecule has 116 valence electrons. The van der Waals surface area contributed by atoms with Gasteiger partial charge in [0.15, 0.2) is 0 Å². The van der Waals surface area contributed by atoms with Crippen molar-refractivity contribution < 1.29 is 14.5 Å². The van der Waals surface area contributed by atoms with Gasteiger partial charge in [-0.3, -0.25) is 19.6 Å². The van der Waals surface area contributed by atoms with E-state index in [1.54, 1.807) is 24.3 Å². The highest BCUT2D eigenvalue weighted by atomic mass is 16.6. The second-order valence-corrected chi connectivity index (χ2v) is 4.57. The van der Waals surface area contributed by atoms with E-state index in [0.29, 0.717) is 18.0 Å². The fraction of sp³-hybridized carbons (Fsp3) is 0.286. The molecule has 0 saturated carbocycles. The number of aromatic nitrogens is 2. The van der Waals surface area contributed by atoms with Crippen LogP contribution in [0.25, 0.3) is 0 Å². The molecule has 0 radical (unpaired) electrons. The first-order chi connectivity index (χ1) is 10.4. The third-order valence-corrected chi connectivity index (χ3v) is 3.01. The molecule has 0 aliphatic heterocycles. The number of anilines is 1. The van der Waals surface area contributed by atoms with Crippen molar-refractivity contribution in [2.75, 3.05) is 11.9 Å². The Kier molecular flexibility index (Phi) is 4.40. The van der Waals surface area contributed by atoms with Crippen LogP contribution in [0.1, 0.15) is 23.1 Å². The normalized spacial score (nSPS) is 10.3. The summed E-state index contributed by atoms with van der Waals surface area (Å²) in [7, 11) is 1.49. The lowest BCUT2D eigenvalue weighted by molar-refractivity contribution is -0.385. The minimum atomic E-state index is -0.602. The van der Waals surface area contributed by atoms with Crippen LogP contribution >= 0.6 is 0 Å². The van der Waals surface area contributed by atoms with Gasteiger partial charge in [-0.1, -0.05) is 0 Å². The lowest BCUT2D eigenvalue weighted by atomic mass is 10.2. The number of amides is 1. The van der Waals surface area contributed by atoms with Crippen LogP contribution in [0.3, 0.4) is 0 Å². The quantitative estimate of drug-likeness (QED) is 0.675. The van der Waals surface area contributed by atoms with Gasteiger partial charge in [0, 0.05) is 12.7 Å². The summed E-state index contributed by atoms with van der Waals surface area (Å²) in [5, 5.41) is 17.6. The monoisotopic (exact) mass is 304 g/mol. The third kappa shape index (κ3) is 3.05. The van der Waals surface area contributed by atoms with Gasteiger partial charge in [0.05, 0.1) is 11.5 Å². The maximum atomic E-state index is 12.3. The maximum Gasteiger partial charge on any atom is 0.322 e.